The lowest BCUT2D eigenvalue weighted by Gasteiger charge is -2.29. The van der Waals surface area contributed by atoms with Crippen LogP contribution in [0.2, 0.25) is 0 Å². The number of anilines is 2. The van der Waals surface area contributed by atoms with Gasteiger partial charge in [0.05, 0.1) is 17.2 Å². The van der Waals surface area contributed by atoms with Crippen LogP contribution >= 0.6 is 0 Å². The molecule has 7 nitrogen and oxygen atoms in total. The van der Waals surface area contributed by atoms with Crippen LogP contribution in [0.3, 0.4) is 0 Å². The fourth-order valence-electron chi connectivity index (χ4n) is 2.18. The zero-order valence-electron chi connectivity index (χ0n) is 13.1. The molecule has 0 bridgehead atoms. The molecule has 2 rings (SSSR count). The Morgan fingerprint density at radius 1 is 1.33 bits per heavy atom. The standard InChI is InChI=1S/C14H24N6O/c1-5-7-15-13-17-11-10(8-16-19-11)12(18-13)20(6-2)9-14(3,4)21/h8,21H,5-7,9H2,1-4H3,(H2,15,16,17,18,19). The van der Waals surface area contributed by atoms with Crippen molar-refractivity contribution in [3.63, 3.8) is 0 Å². The van der Waals surface area contributed by atoms with Gasteiger partial charge >= 0.3 is 0 Å². The van der Waals surface area contributed by atoms with Gasteiger partial charge in [-0.2, -0.15) is 15.1 Å². The largest absolute Gasteiger partial charge is 0.389 e. The summed E-state index contributed by atoms with van der Waals surface area (Å²) in [5.41, 5.74) is -0.0959. The third-order valence-corrected chi connectivity index (χ3v) is 3.08. The van der Waals surface area contributed by atoms with Crippen LogP contribution in [0.5, 0.6) is 0 Å². The molecule has 0 aliphatic carbocycles. The Balaban J connectivity index is 2.41. The number of aliphatic hydroxyl groups is 1. The lowest BCUT2D eigenvalue weighted by molar-refractivity contribution is 0.0875. The number of likely N-dealkylation sites (N-methyl/N-ethyl adjacent to an activating group) is 1. The van der Waals surface area contributed by atoms with E-state index in [1.54, 1.807) is 20.0 Å². The van der Waals surface area contributed by atoms with E-state index in [1.165, 1.54) is 0 Å². The van der Waals surface area contributed by atoms with Crippen LogP contribution in [0.25, 0.3) is 11.0 Å². The number of aromatic amines is 1. The molecule has 3 N–H and O–H groups in total. The number of aromatic nitrogens is 4. The maximum Gasteiger partial charge on any atom is 0.226 e. The van der Waals surface area contributed by atoms with E-state index in [9.17, 15) is 5.11 Å². The first-order valence-electron chi connectivity index (χ1n) is 7.37. The van der Waals surface area contributed by atoms with Crippen LogP contribution in [0.15, 0.2) is 6.20 Å². The van der Waals surface area contributed by atoms with Crippen LogP contribution in [-0.4, -0.2) is 50.5 Å². The van der Waals surface area contributed by atoms with Gasteiger partial charge in [-0.3, -0.25) is 5.10 Å². The van der Waals surface area contributed by atoms with Crippen molar-refractivity contribution in [2.24, 2.45) is 0 Å². The second-order valence-corrected chi connectivity index (χ2v) is 5.76. The van der Waals surface area contributed by atoms with Gasteiger partial charge in [0.2, 0.25) is 5.95 Å². The van der Waals surface area contributed by atoms with E-state index in [-0.39, 0.29) is 0 Å². The molecule has 0 radical (unpaired) electrons. The van der Waals surface area contributed by atoms with Gasteiger partial charge in [-0.25, -0.2) is 0 Å². The maximum absolute atomic E-state index is 10.1. The molecule has 21 heavy (non-hydrogen) atoms. The molecule has 0 aliphatic heterocycles. The summed E-state index contributed by atoms with van der Waals surface area (Å²) < 4.78 is 0. The Morgan fingerprint density at radius 2 is 2.10 bits per heavy atom. The van der Waals surface area contributed by atoms with E-state index in [0.717, 1.165) is 30.7 Å². The van der Waals surface area contributed by atoms with Crippen LogP contribution in [0.1, 0.15) is 34.1 Å². The minimum atomic E-state index is -0.798. The lowest BCUT2D eigenvalue weighted by atomic mass is 10.1. The average Bonchev–Trinajstić information content (AvgIpc) is 2.89. The second-order valence-electron chi connectivity index (χ2n) is 5.76. The number of hydrogen-bond donors (Lipinski definition) is 3. The van der Waals surface area contributed by atoms with Gasteiger partial charge in [0, 0.05) is 19.6 Å². The fraction of sp³-hybridized carbons (Fsp3) is 0.643. The summed E-state index contributed by atoms with van der Waals surface area (Å²) in [5.74, 6) is 1.37. The molecule has 116 valence electrons. The first kappa shape index (κ1) is 15.5. The monoisotopic (exact) mass is 292 g/mol. The molecule has 0 amide bonds. The van der Waals surface area contributed by atoms with E-state index in [2.05, 4.69) is 32.4 Å². The maximum atomic E-state index is 10.1. The number of rotatable bonds is 7. The highest BCUT2D eigenvalue weighted by Crippen LogP contribution is 2.25. The zero-order valence-corrected chi connectivity index (χ0v) is 13.1. The summed E-state index contributed by atoms with van der Waals surface area (Å²) >= 11 is 0. The molecule has 0 saturated heterocycles. The Morgan fingerprint density at radius 3 is 2.71 bits per heavy atom. The van der Waals surface area contributed by atoms with Crippen molar-refractivity contribution >= 4 is 22.8 Å². The summed E-state index contributed by atoms with van der Waals surface area (Å²) in [6.45, 7) is 9.77. The van der Waals surface area contributed by atoms with Crippen LogP contribution < -0.4 is 10.2 Å². The Bertz CT molecular complexity index is 589. The van der Waals surface area contributed by atoms with Gasteiger partial charge in [0.25, 0.3) is 0 Å². The van der Waals surface area contributed by atoms with Crippen LogP contribution in [-0.2, 0) is 0 Å². The molecule has 0 fully saturated rings. The molecule has 0 atom stereocenters. The number of nitrogens with zero attached hydrogens (tertiary/aromatic N) is 4. The Kier molecular flexibility index (Phi) is 4.62. The van der Waals surface area contributed by atoms with Gasteiger partial charge in [0.15, 0.2) is 5.65 Å². The van der Waals surface area contributed by atoms with Gasteiger partial charge in [-0.15, -0.1) is 0 Å². The van der Waals surface area contributed by atoms with Gasteiger partial charge in [-0.1, -0.05) is 6.92 Å². The highest BCUT2D eigenvalue weighted by Gasteiger charge is 2.21. The van der Waals surface area contributed by atoms with E-state index in [0.29, 0.717) is 18.1 Å². The van der Waals surface area contributed by atoms with Crippen molar-refractivity contribution in [2.45, 2.75) is 39.7 Å². The lowest BCUT2D eigenvalue weighted by Crippen LogP contribution is -2.39. The highest BCUT2D eigenvalue weighted by atomic mass is 16.3. The minimum Gasteiger partial charge on any atom is -0.389 e. The molecule has 0 unspecified atom stereocenters. The van der Waals surface area contributed by atoms with E-state index >= 15 is 0 Å². The molecule has 0 spiro atoms. The van der Waals surface area contributed by atoms with E-state index in [4.69, 9.17) is 0 Å². The fourth-order valence-corrected chi connectivity index (χ4v) is 2.18. The highest BCUT2D eigenvalue weighted by molar-refractivity contribution is 5.87. The van der Waals surface area contributed by atoms with E-state index in [1.807, 2.05) is 11.8 Å². The van der Waals surface area contributed by atoms with Crippen molar-refractivity contribution in [1.82, 2.24) is 20.2 Å². The molecular formula is C14H24N6O. The quantitative estimate of drug-likeness (QED) is 0.720. The normalized spacial score (nSPS) is 11.9. The number of hydrogen-bond acceptors (Lipinski definition) is 6. The summed E-state index contributed by atoms with van der Waals surface area (Å²) in [6.07, 6.45) is 2.72. The smallest absolute Gasteiger partial charge is 0.226 e. The van der Waals surface area contributed by atoms with Crippen LogP contribution in [0, 0.1) is 0 Å². The summed E-state index contributed by atoms with van der Waals surface area (Å²) in [7, 11) is 0. The first-order valence-corrected chi connectivity index (χ1v) is 7.37. The van der Waals surface area contributed by atoms with Crippen molar-refractivity contribution in [3.05, 3.63) is 6.20 Å². The van der Waals surface area contributed by atoms with Gasteiger partial charge in [0.1, 0.15) is 5.82 Å². The minimum absolute atomic E-state index is 0.494. The molecular weight excluding hydrogens is 268 g/mol. The predicted molar refractivity (Wildman–Crippen MR) is 84.6 cm³/mol. The second kappa shape index (κ2) is 6.26. The number of fused-ring (bicyclic) bond motifs is 1. The summed E-state index contributed by atoms with van der Waals surface area (Å²) in [5, 5.41) is 21.1. The molecule has 2 aromatic heterocycles. The van der Waals surface area contributed by atoms with Crippen molar-refractivity contribution in [1.29, 1.82) is 0 Å². The third-order valence-electron chi connectivity index (χ3n) is 3.08. The Hall–Kier alpha value is -1.89. The molecule has 0 aromatic carbocycles. The van der Waals surface area contributed by atoms with Crippen molar-refractivity contribution in [2.75, 3.05) is 29.9 Å². The molecule has 0 saturated carbocycles. The SMILES string of the molecule is CCCNc1nc(N(CC)CC(C)(C)O)c2cn[nH]c2n1. The van der Waals surface area contributed by atoms with Gasteiger partial charge in [-0.05, 0) is 27.2 Å². The number of nitrogens with one attached hydrogen (secondary N) is 2. The molecule has 2 heterocycles. The van der Waals surface area contributed by atoms with Crippen molar-refractivity contribution < 1.29 is 5.11 Å². The zero-order chi connectivity index (χ0) is 15.5. The third kappa shape index (κ3) is 3.81. The molecule has 7 heteroatoms. The average molecular weight is 292 g/mol. The summed E-state index contributed by atoms with van der Waals surface area (Å²) in [6, 6.07) is 0. The predicted octanol–water partition coefficient (Wildman–Crippen LogP) is 1.77. The van der Waals surface area contributed by atoms with Crippen molar-refractivity contribution in [3.8, 4) is 0 Å². The van der Waals surface area contributed by atoms with E-state index < -0.39 is 5.60 Å². The first-order chi connectivity index (χ1) is 9.94. The summed E-state index contributed by atoms with van der Waals surface area (Å²) in [4.78, 5) is 11.1. The Labute approximate surface area is 124 Å². The van der Waals surface area contributed by atoms with Gasteiger partial charge < -0.3 is 15.3 Å². The number of H-pyrrole nitrogens is 1. The topological polar surface area (TPSA) is 90.0 Å². The molecule has 0 aliphatic rings. The molecule has 2 aromatic rings. The van der Waals surface area contributed by atoms with Crippen LogP contribution in [0.4, 0.5) is 11.8 Å².